The minimum absolute atomic E-state index is 0.0841. The molecule has 0 aliphatic heterocycles. The molecule has 0 N–H and O–H groups in total. The van der Waals surface area contributed by atoms with Gasteiger partial charge in [-0.1, -0.05) is 5.92 Å². The van der Waals surface area contributed by atoms with Gasteiger partial charge in [0.15, 0.2) is 11.4 Å². The highest BCUT2D eigenvalue weighted by atomic mass is 16.6. The largest absolute Gasteiger partial charge is 0.545 e. The van der Waals surface area contributed by atoms with E-state index in [1.807, 2.05) is 0 Å². The van der Waals surface area contributed by atoms with Crippen LogP contribution in [0.2, 0.25) is 0 Å². The Hall–Kier alpha value is -2.55. The Balaban J connectivity index is 2.41. The lowest BCUT2D eigenvalue weighted by molar-refractivity contribution is -0.386. The third kappa shape index (κ3) is 2.57. The first-order valence-electron chi connectivity index (χ1n) is 6.10. The van der Waals surface area contributed by atoms with Crippen LogP contribution in [0.5, 0.6) is 5.75 Å². The number of carboxylic acids is 1. The van der Waals surface area contributed by atoms with E-state index < -0.39 is 16.5 Å². The summed E-state index contributed by atoms with van der Waals surface area (Å²) in [5.74, 6) is 4.15. The van der Waals surface area contributed by atoms with Crippen LogP contribution in [0, 0.1) is 22.0 Å². The van der Waals surface area contributed by atoms with Crippen LogP contribution in [-0.2, 0) is 0 Å². The van der Waals surface area contributed by atoms with Crippen LogP contribution in [-0.4, -0.2) is 16.5 Å². The van der Waals surface area contributed by atoms with Gasteiger partial charge in [-0.15, -0.1) is 5.92 Å². The van der Waals surface area contributed by atoms with Crippen molar-refractivity contribution in [2.45, 2.75) is 31.8 Å². The van der Waals surface area contributed by atoms with Crippen molar-refractivity contribution >= 4 is 11.7 Å². The Labute approximate surface area is 115 Å². The average Bonchev–Trinajstić information content (AvgIpc) is 2.35. The van der Waals surface area contributed by atoms with Gasteiger partial charge < -0.3 is 14.6 Å². The Morgan fingerprint density at radius 1 is 1.45 bits per heavy atom. The topological polar surface area (TPSA) is 92.5 Å². The molecule has 0 radical (unpaired) electrons. The van der Waals surface area contributed by atoms with Crippen LogP contribution in [0.25, 0.3) is 0 Å². The lowest BCUT2D eigenvalue weighted by Gasteiger charge is -2.37. The van der Waals surface area contributed by atoms with Gasteiger partial charge in [0.2, 0.25) is 0 Å². The molecule has 2 rings (SSSR count). The van der Waals surface area contributed by atoms with E-state index in [1.54, 1.807) is 6.92 Å². The summed E-state index contributed by atoms with van der Waals surface area (Å²) in [7, 11) is 0. The zero-order chi connectivity index (χ0) is 14.8. The van der Waals surface area contributed by atoms with E-state index in [0.29, 0.717) is 12.8 Å². The first-order chi connectivity index (χ1) is 9.47. The molecule has 0 bridgehead atoms. The summed E-state index contributed by atoms with van der Waals surface area (Å²) in [6.07, 6.45) is 2.25. The average molecular weight is 274 g/mol. The second-order valence-corrected chi connectivity index (χ2v) is 4.55. The lowest BCUT2D eigenvalue weighted by Crippen LogP contribution is -2.41. The predicted octanol–water partition coefficient (Wildman–Crippen LogP) is 1.28. The molecule has 0 amide bonds. The summed E-state index contributed by atoms with van der Waals surface area (Å²) in [4.78, 5) is 21.2. The summed E-state index contributed by atoms with van der Waals surface area (Å²) >= 11 is 0. The lowest BCUT2D eigenvalue weighted by atomic mass is 9.80. The van der Waals surface area contributed by atoms with Crippen molar-refractivity contribution in [3.8, 4) is 17.6 Å². The van der Waals surface area contributed by atoms with E-state index >= 15 is 0 Å². The molecule has 104 valence electrons. The van der Waals surface area contributed by atoms with Crippen molar-refractivity contribution in [3.63, 3.8) is 0 Å². The van der Waals surface area contributed by atoms with Crippen molar-refractivity contribution in [1.82, 2.24) is 0 Å². The van der Waals surface area contributed by atoms with Crippen LogP contribution < -0.4 is 9.84 Å². The number of hydrogen-bond donors (Lipinski definition) is 0. The highest BCUT2D eigenvalue weighted by Gasteiger charge is 2.39. The zero-order valence-corrected chi connectivity index (χ0v) is 10.8. The van der Waals surface area contributed by atoms with Gasteiger partial charge in [0.25, 0.3) is 0 Å². The van der Waals surface area contributed by atoms with Crippen LogP contribution in [0.3, 0.4) is 0 Å². The SMILES string of the molecule is CC#CC1(Oc2cc(C(=O)[O-])ccc2[N+](=O)[O-])CCC1. The van der Waals surface area contributed by atoms with E-state index in [2.05, 4.69) is 11.8 Å². The summed E-state index contributed by atoms with van der Waals surface area (Å²) in [6.45, 7) is 1.66. The summed E-state index contributed by atoms with van der Waals surface area (Å²) in [5.41, 5.74) is -1.19. The Morgan fingerprint density at radius 2 is 2.15 bits per heavy atom. The Kier molecular flexibility index (Phi) is 3.61. The van der Waals surface area contributed by atoms with Crippen LogP contribution in [0.15, 0.2) is 18.2 Å². The Morgan fingerprint density at radius 3 is 2.60 bits per heavy atom. The molecule has 0 heterocycles. The van der Waals surface area contributed by atoms with E-state index in [9.17, 15) is 20.0 Å². The van der Waals surface area contributed by atoms with Gasteiger partial charge in [-0.2, -0.15) is 0 Å². The fraction of sp³-hybridized carbons (Fsp3) is 0.357. The second kappa shape index (κ2) is 5.21. The molecule has 1 aliphatic carbocycles. The van der Waals surface area contributed by atoms with E-state index in [0.717, 1.165) is 24.6 Å². The number of carboxylic acid groups (broad SMARTS) is 1. The maximum Gasteiger partial charge on any atom is 0.311 e. The van der Waals surface area contributed by atoms with Gasteiger partial charge >= 0.3 is 5.69 Å². The molecule has 0 saturated heterocycles. The van der Waals surface area contributed by atoms with Gasteiger partial charge in [0.1, 0.15) is 0 Å². The molecule has 6 nitrogen and oxygen atoms in total. The standard InChI is InChI=1S/C14H13NO5/c1-2-6-14(7-3-8-14)20-12-9-10(13(16)17)4-5-11(12)15(18)19/h4-5,9H,3,7-8H2,1H3,(H,16,17)/p-1. The smallest absolute Gasteiger partial charge is 0.311 e. The van der Waals surface area contributed by atoms with Gasteiger partial charge in [0, 0.05) is 11.6 Å². The Bertz CT molecular complexity index is 622. The van der Waals surface area contributed by atoms with E-state index in [-0.39, 0.29) is 17.0 Å². The second-order valence-electron chi connectivity index (χ2n) is 4.55. The number of nitro groups is 1. The molecule has 6 heteroatoms. The van der Waals surface area contributed by atoms with Gasteiger partial charge in [0.05, 0.1) is 10.9 Å². The third-order valence-corrected chi connectivity index (χ3v) is 3.21. The number of carbonyl (C=O) groups is 1. The predicted molar refractivity (Wildman–Crippen MR) is 68.1 cm³/mol. The molecule has 1 aliphatic rings. The summed E-state index contributed by atoms with van der Waals surface area (Å²) < 4.78 is 5.66. The number of aromatic carboxylic acids is 1. The van der Waals surface area contributed by atoms with Crippen molar-refractivity contribution in [1.29, 1.82) is 0 Å². The van der Waals surface area contributed by atoms with E-state index in [1.165, 1.54) is 0 Å². The van der Waals surface area contributed by atoms with Crippen molar-refractivity contribution < 1.29 is 19.6 Å². The first kappa shape index (κ1) is 13.9. The number of ether oxygens (including phenoxy) is 1. The molecule has 0 spiro atoms. The fourth-order valence-electron chi connectivity index (χ4n) is 2.06. The highest BCUT2D eigenvalue weighted by molar-refractivity contribution is 5.87. The maximum absolute atomic E-state index is 11.0. The maximum atomic E-state index is 11.0. The molecule has 0 unspecified atom stereocenters. The number of hydrogen-bond acceptors (Lipinski definition) is 5. The van der Waals surface area contributed by atoms with Crippen molar-refractivity contribution in [2.24, 2.45) is 0 Å². The molecular weight excluding hydrogens is 262 g/mol. The number of nitro benzene ring substituents is 1. The fourth-order valence-corrected chi connectivity index (χ4v) is 2.06. The molecule has 1 aromatic rings. The van der Waals surface area contributed by atoms with Crippen LogP contribution >= 0.6 is 0 Å². The minimum atomic E-state index is -1.41. The van der Waals surface area contributed by atoms with Crippen molar-refractivity contribution in [3.05, 3.63) is 33.9 Å². The molecular formula is C14H12NO5-. The molecule has 0 aromatic heterocycles. The number of nitrogens with zero attached hydrogens (tertiary/aromatic N) is 1. The molecule has 1 fully saturated rings. The number of rotatable bonds is 4. The van der Waals surface area contributed by atoms with Gasteiger partial charge in [-0.25, -0.2) is 0 Å². The summed E-state index contributed by atoms with van der Waals surface area (Å²) in [6, 6.07) is 3.34. The molecule has 20 heavy (non-hydrogen) atoms. The molecule has 1 aromatic carbocycles. The van der Waals surface area contributed by atoms with E-state index in [4.69, 9.17) is 4.74 Å². The van der Waals surface area contributed by atoms with Gasteiger partial charge in [-0.05, 0) is 38.3 Å². The number of benzene rings is 1. The quantitative estimate of drug-likeness (QED) is 0.468. The highest BCUT2D eigenvalue weighted by Crippen LogP contribution is 2.39. The van der Waals surface area contributed by atoms with Crippen molar-refractivity contribution in [2.75, 3.05) is 0 Å². The third-order valence-electron chi connectivity index (χ3n) is 3.21. The summed E-state index contributed by atoms with van der Waals surface area (Å²) in [5, 5.41) is 21.8. The van der Waals surface area contributed by atoms with Crippen LogP contribution in [0.1, 0.15) is 36.5 Å². The normalized spacial score (nSPS) is 15.4. The van der Waals surface area contributed by atoms with Gasteiger partial charge in [-0.3, -0.25) is 10.1 Å². The monoisotopic (exact) mass is 274 g/mol. The molecule has 1 saturated carbocycles. The van der Waals surface area contributed by atoms with Crippen LogP contribution in [0.4, 0.5) is 5.69 Å². The zero-order valence-electron chi connectivity index (χ0n) is 10.8. The first-order valence-corrected chi connectivity index (χ1v) is 6.10. The number of carbonyl (C=O) groups excluding carboxylic acids is 1. The molecule has 0 atom stereocenters. The minimum Gasteiger partial charge on any atom is -0.545 e.